The maximum absolute atomic E-state index is 11.2. The van der Waals surface area contributed by atoms with Crippen molar-refractivity contribution >= 4 is 11.9 Å². The number of carboxylic acid groups (broad SMARTS) is 1. The van der Waals surface area contributed by atoms with Gasteiger partial charge in [-0.1, -0.05) is 20.3 Å². The Bertz CT molecular complexity index is 219. The van der Waals surface area contributed by atoms with Gasteiger partial charge in [-0.15, -0.1) is 0 Å². The Morgan fingerprint density at radius 2 is 1.88 bits per heavy atom. The Morgan fingerprint density at radius 1 is 1.19 bits per heavy atom. The lowest BCUT2D eigenvalue weighted by Crippen LogP contribution is -2.38. The van der Waals surface area contributed by atoms with E-state index in [1.807, 2.05) is 13.8 Å². The molecule has 3 N–H and O–H groups in total. The smallest absolute Gasteiger partial charge is 0.320 e. The highest BCUT2D eigenvalue weighted by Crippen LogP contribution is 1.96. The van der Waals surface area contributed by atoms with Crippen LogP contribution in [0.1, 0.15) is 39.5 Å². The first-order valence-electron chi connectivity index (χ1n) is 5.84. The number of hydrogen-bond acceptors (Lipinski definition) is 3. The van der Waals surface area contributed by atoms with Crippen molar-refractivity contribution in [1.82, 2.24) is 10.6 Å². The molecule has 1 amide bonds. The lowest BCUT2D eigenvalue weighted by atomic mass is 10.1. The number of carbonyl (C=O) groups is 2. The molecule has 0 aliphatic heterocycles. The summed E-state index contributed by atoms with van der Waals surface area (Å²) in [6.45, 7) is 5.01. The van der Waals surface area contributed by atoms with Crippen LogP contribution in [0.5, 0.6) is 0 Å². The van der Waals surface area contributed by atoms with Crippen LogP contribution in [-0.4, -0.2) is 36.1 Å². The summed E-state index contributed by atoms with van der Waals surface area (Å²) in [5.41, 5.74) is 0. The van der Waals surface area contributed by atoms with Gasteiger partial charge in [0.15, 0.2) is 0 Å². The Hall–Kier alpha value is -1.10. The third kappa shape index (κ3) is 7.23. The molecule has 0 aromatic rings. The standard InChI is InChI=1S/C11H22N2O3/c1-3-5-9(11(15)16)12-8-6-10(14)13-7-4-2/h9,12H,3-8H2,1-2H3,(H,13,14)(H,15,16). The second-order valence-electron chi connectivity index (χ2n) is 3.73. The van der Waals surface area contributed by atoms with E-state index in [2.05, 4.69) is 10.6 Å². The molecule has 94 valence electrons. The molecule has 0 fully saturated rings. The fourth-order valence-corrected chi connectivity index (χ4v) is 1.31. The highest BCUT2D eigenvalue weighted by molar-refractivity contribution is 5.76. The van der Waals surface area contributed by atoms with Gasteiger partial charge in [-0.25, -0.2) is 0 Å². The lowest BCUT2D eigenvalue weighted by molar-refractivity contribution is -0.139. The first-order valence-corrected chi connectivity index (χ1v) is 5.84. The summed E-state index contributed by atoms with van der Waals surface area (Å²) in [5.74, 6) is -0.884. The molecule has 0 aliphatic carbocycles. The van der Waals surface area contributed by atoms with Crippen molar-refractivity contribution in [3.05, 3.63) is 0 Å². The first kappa shape index (κ1) is 14.9. The summed E-state index contributed by atoms with van der Waals surface area (Å²) in [5, 5.41) is 14.5. The molecule has 0 aliphatic rings. The molecule has 5 nitrogen and oxygen atoms in total. The van der Waals surface area contributed by atoms with E-state index in [-0.39, 0.29) is 5.91 Å². The van der Waals surface area contributed by atoms with Gasteiger partial charge in [0.05, 0.1) is 0 Å². The van der Waals surface area contributed by atoms with Crippen molar-refractivity contribution in [2.24, 2.45) is 0 Å². The van der Waals surface area contributed by atoms with Gasteiger partial charge in [-0.05, 0) is 12.8 Å². The van der Waals surface area contributed by atoms with Crippen LogP contribution in [0.2, 0.25) is 0 Å². The van der Waals surface area contributed by atoms with Crippen LogP contribution in [-0.2, 0) is 9.59 Å². The first-order chi connectivity index (χ1) is 7.61. The number of nitrogens with one attached hydrogen (secondary N) is 2. The van der Waals surface area contributed by atoms with E-state index >= 15 is 0 Å². The molecule has 1 atom stereocenters. The van der Waals surface area contributed by atoms with Gasteiger partial charge >= 0.3 is 5.97 Å². The monoisotopic (exact) mass is 230 g/mol. The minimum absolute atomic E-state index is 0.0324. The van der Waals surface area contributed by atoms with Crippen molar-refractivity contribution in [3.8, 4) is 0 Å². The van der Waals surface area contributed by atoms with Crippen molar-refractivity contribution in [2.45, 2.75) is 45.6 Å². The number of amides is 1. The fraction of sp³-hybridized carbons (Fsp3) is 0.818. The average Bonchev–Trinajstić information content (AvgIpc) is 2.25. The summed E-state index contributed by atoms with van der Waals surface area (Å²) in [6, 6.07) is -0.538. The molecule has 0 saturated carbocycles. The van der Waals surface area contributed by atoms with Crippen molar-refractivity contribution in [3.63, 3.8) is 0 Å². The van der Waals surface area contributed by atoms with Crippen LogP contribution >= 0.6 is 0 Å². The summed E-state index contributed by atoms with van der Waals surface area (Å²) in [4.78, 5) is 22.0. The Balaban J connectivity index is 3.68. The molecule has 0 saturated heterocycles. The van der Waals surface area contributed by atoms with E-state index in [1.54, 1.807) is 0 Å². The summed E-state index contributed by atoms with van der Waals surface area (Å²) in [7, 11) is 0. The van der Waals surface area contributed by atoms with Gasteiger partial charge < -0.3 is 15.7 Å². The molecule has 0 aromatic heterocycles. The number of carbonyl (C=O) groups excluding carboxylic acids is 1. The molecule has 0 rings (SSSR count). The maximum Gasteiger partial charge on any atom is 0.320 e. The van der Waals surface area contributed by atoms with Crippen LogP contribution in [0.25, 0.3) is 0 Å². The van der Waals surface area contributed by atoms with Crippen molar-refractivity contribution < 1.29 is 14.7 Å². The Morgan fingerprint density at radius 3 is 2.38 bits per heavy atom. The number of rotatable bonds is 9. The van der Waals surface area contributed by atoms with Crippen LogP contribution in [0.15, 0.2) is 0 Å². The minimum atomic E-state index is -0.851. The van der Waals surface area contributed by atoms with Crippen LogP contribution in [0.3, 0.4) is 0 Å². The van der Waals surface area contributed by atoms with Crippen molar-refractivity contribution in [1.29, 1.82) is 0 Å². The Labute approximate surface area is 96.6 Å². The van der Waals surface area contributed by atoms with E-state index in [1.165, 1.54) is 0 Å². The molecule has 5 heteroatoms. The van der Waals surface area contributed by atoms with Crippen LogP contribution in [0, 0.1) is 0 Å². The molecule has 0 heterocycles. The fourth-order valence-electron chi connectivity index (χ4n) is 1.31. The van der Waals surface area contributed by atoms with Crippen molar-refractivity contribution in [2.75, 3.05) is 13.1 Å². The van der Waals surface area contributed by atoms with E-state index < -0.39 is 12.0 Å². The van der Waals surface area contributed by atoms with Gasteiger partial charge in [0.1, 0.15) is 6.04 Å². The number of aliphatic carboxylic acids is 1. The molecule has 16 heavy (non-hydrogen) atoms. The van der Waals surface area contributed by atoms with Gasteiger partial charge in [-0.3, -0.25) is 9.59 Å². The number of carboxylic acids is 1. The average molecular weight is 230 g/mol. The molecule has 1 unspecified atom stereocenters. The normalized spacial score (nSPS) is 12.1. The molecular formula is C11H22N2O3. The van der Waals surface area contributed by atoms with E-state index in [0.717, 1.165) is 12.8 Å². The van der Waals surface area contributed by atoms with Gasteiger partial charge in [0, 0.05) is 19.5 Å². The zero-order valence-electron chi connectivity index (χ0n) is 10.1. The second kappa shape index (κ2) is 9.15. The zero-order valence-corrected chi connectivity index (χ0v) is 10.1. The highest BCUT2D eigenvalue weighted by Gasteiger charge is 2.15. The van der Waals surface area contributed by atoms with Gasteiger partial charge in [0.2, 0.25) is 5.91 Å². The van der Waals surface area contributed by atoms with Crippen LogP contribution in [0.4, 0.5) is 0 Å². The van der Waals surface area contributed by atoms with Crippen LogP contribution < -0.4 is 10.6 Å². The third-order valence-electron chi connectivity index (χ3n) is 2.19. The third-order valence-corrected chi connectivity index (χ3v) is 2.19. The summed E-state index contributed by atoms with van der Waals surface area (Å²) in [6.07, 6.45) is 2.64. The van der Waals surface area contributed by atoms with Gasteiger partial charge in [0.25, 0.3) is 0 Å². The second-order valence-corrected chi connectivity index (χ2v) is 3.73. The van der Waals surface area contributed by atoms with E-state index in [9.17, 15) is 9.59 Å². The highest BCUT2D eigenvalue weighted by atomic mass is 16.4. The topological polar surface area (TPSA) is 78.4 Å². The molecular weight excluding hydrogens is 208 g/mol. The summed E-state index contributed by atoms with van der Waals surface area (Å²) < 4.78 is 0. The predicted octanol–water partition coefficient (Wildman–Crippen LogP) is 0.746. The predicted molar refractivity (Wildman–Crippen MR) is 62.3 cm³/mol. The maximum atomic E-state index is 11.2. The van der Waals surface area contributed by atoms with Gasteiger partial charge in [-0.2, -0.15) is 0 Å². The molecule has 0 bridgehead atoms. The molecule has 0 spiro atoms. The molecule has 0 aromatic carbocycles. The lowest BCUT2D eigenvalue weighted by Gasteiger charge is -2.13. The number of hydrogen-bond donors (Lipinski definition) is 3. The Kier molecular flexibility index (Phi) is 8.52. The molecule has 0 radical (unpaired) electrons. The minimum Gasteiger partial charge on any atom is -0.480 e. The largest absolute Gasteiger partial charge is 0.480 e. The SMILES string of the molecule is CCCNC(=O)CCNC(CCC)C(=O)O. The zero-order chi connectivity index (χ0) is 12.4. The summed E-state index contributed by atoms with van der Waals surface area (Å²) >= 11 is 0. The quantitative estimate of drug-likeness (QED) is 0.546. The van der Waals surface area contributed by atoms with E-state index in [4.69, 9.17) is 5.11 Å². The van der Waals surface area contributed by atoms with E-state index in [0.29, 0.717) is 25.9 Å².